The first-order chi connectivity index (χ1) is 10.0. The zero-order chi connectivity index (χ0) is 15.8. The molecular formula is C13H17NO6S. The highest BCUT2D eigenvalue weighted by Gasteiger charge is 2.24. The van der Waals surface area contributed by atoms with Gasteiger partial charge in [0.25, 0.3) is 5.91 Å². The molecular weight excluding hydrogens is 298 g/mol. The molecule has 0 aromatic carbocycles. The summed E-state index contributed by atoms with van der Waals surface area (Å²) in [6.07, 6.45) is 1.91. The highest BCUT2D eigenvalue weighted by Crippen LogP contribution is 2.15. The molecule has 1 aromatic rings. The van der Waals surface area contributed by atoms with Gasteiger partial charge < -0.3 is 18.8 Å². The maximum absolute atomic E-state index is 12.3. The van der Waals surface area contributed by atoms with E-state index in [0.717, 1.165) is 4.90 Å². The molecule has 0 spiro atoms. The summed E-state index contributed by atoms with van der Waals surface area (Å²) in [5, 5.41) is 0. The average molecular weight is 315 g/mol. The lowest BCUT2D eigenvalue weighted by molar-refractivity contribution is -0.144. The Balaban J connectivity index is 2.86. The summed E-state index contributed by atoms with van der Waals surface area (Å²) in [6, 6.07) is 3.19. The summed E-state index contributed by atoms with van der Waals surface area (Å²) in [5.41, 5.74) is 0. The average Bonchev–Trinajstić information content (AvgIpc) is 2.94. The van der Waals surface area contributed by atoms with Crippen molar-refractivity contribution in [1.29, 1.82) is 0 Å². The van der Waals surface area contributed by atoms with Crippen molar-refractivity contribution in [3.05, 3.63) is 23.7 Å². The van der Waals surface area contributed by atoms with Gasteiger partial charge in [-0.2, -0.15) is 11.8 Å². The molecule has 0 saturated carbocycles. The Hall–Kier alpha value is -1.96. The minimum Gasteiger partial charge on any atom is -0.468 e. The van der Waals surface area contributed by atoms with E-state index in [1.54, 1.807) is 17.8 Å². The number of esters is 2. The van der Waals surface area contributed by atoms with Crippen LogP contribution in [0.3, 0.4) is 0 Å². The van der Waals surface area contributed by atoms with Crippen molar-refractivity contribution in [2.75, 3.05) is 33.6 Å². The van der Waals surface area contributed by atoms with Gasteiger partial charge in [-0.1, -0.05) is 0 Å². The van der Waals surface area contributed by atoms with Gasteiger partial charge in [0.1, 0.15) is 18.8 Å². The third-order valence-electron chi connectivity index (χ3n) is 2.54. The summed E-state index contributed by atoms with van der Waals surface area (Å²) in [7, 11) is 2.40. The molecule has 0 bridgehead atoms. The molecule has 0 saturated heterocycles. The summed E-state index contributed by atoms with van der Waals surface area (Å²) < 4.78 is 14.4. The number of amides is 1. The second kappa shape index (κ2) is 8.35. The Morgan fingerprint density at radius 1 is 1.14 bits per heavy atom. The molecule has 0 radical (unpaired) electrons. The fourth-order valence-electron chi connectivity index (χ4n) is 1.51. The molecule has 1 aromatic heterocycles. The Labute approximate surface area is 126 Å². The molecule has 1 rings (SSSR count). The van der Waals surface area contributed by atoms with Gasteiger partial charge >= 0.3 is 11.9 Å². The van der Waals surface area contributed by atoms with Gasteiger partial charge in [0.2, 0.25) is 0 Å². The highest BCUT2D eigenvalue weighted by molar-refractivity contribution is 7.97. The van der Waals surface area contributed by atoms with Crippen LogP contribution in [0.2, 0.25) is 0 Å². The molecule has 0 unspecified atom stereocenters. The van der Waals surface area contributed by atoms with E-state index in [0.29, 0.717) is 11.5 Å². The van der Waals surface area contributed by atoms with Crippen LogP contribution >= 0.6 is 11.8 Å². The van der Waals surface area contributed by atoms with E-state index in [1.165, 1.54) is 20.3 Å². The van der Waals surface area contributed by atoms with Gasteiger partial charge in [0.05, 0.1) is 20.0 Å². The predicted octanol–water partition coefficient (Wildman–Crippen LogP) is 0.931. The Kier molecular flexibility index (Phi) is 6.80. The Morgan fingerprint density at radius 2 is 1.71 bits per heavy atom. The number of rotatable bonds is 7. The smallest absolute Gasteiger partial charge is 0.325 e. The molecule has 0 aliphatic heterocycles. The summed E-state index contributed by atoms with van der Waals surface area (Å²) in [5.74, 6) is -0.514. The monoisotopic (exact) mass is 315 g/mol. The van der Waals surface area contributed by atoms with Gasteiger partial charge in [-0.3, -0.25) is 14.4 Å². The number of carbonyl (C=O) groups is 3. The molecule has 0 N–H and O–H groups in total. The van der Waals surface area contributed by atoms with Crippen LogP contribution in [-0.4, -0.2) is 56.3 Å². The zero-order valence-corrected chi connectivity index (χ0v) is 12.9. The molecule has 0 aliphatic rings. The number of methoxy groups -OCH3 is 2. The topological polar surface area (TPSA) is 86.0 Å². The van der Waals surface area contributed by atoms with Gasteiger partial charge in [-0.15, -0.1) is 0 Å². The van der Waals surface area contributed by atoms with E-state index in [9.17, 15) is 14.4 Å². The molecule has 7 nitrogen and oxygen atoms in total. The van der Waals surface area contributed by atoms with Gasteiger partial charge in [0.15, 0.2) is 5.76 Å². The number of nitrogens with zero attached hydrogens (tertiary/aromatic N) is 1. The quantitative estimate of drug-likeness (QED) is 0.692. The second-order valence-corrected chi connectivity index (χ2v) is 4.88. The summed E-state index contributed by atoms with van der Waals surface area (Å²) in [4.78, 5) is 36.0. The molecule has 0 atom stereocenters. The fourth-order valence-corrected chi connectivity index (χ4v) is 1.95. The first-order valence-corrected chi connectivity index (χ1v) is 7.41. The van der Waals surface area contributed by atoms with Crippen LogP contribution in [-0.2, 0) is 24.8 Å². The lowest BCUT2D eigenvalue weighted by Crippen LogP contribution is -2.40. The molecule has 8 heteroatoms. The van der Waals surface area contributed by atoms with E-state index in [1.807, 2.05) is 6.26 Å². The first-order valence-electron chi connectivity index (χ1n) is 6.02. The lowest BCUT2D eigenvalue weighted by atomic mass is 10.3. The van der Waals surface area contributed by atoms with Crippen LogP contribution in [0.4, 0.5) is 0 Å². The van der Waals surface area contributed by atoms with E-state index in [4.69, 9.17) is 4.42 Å². The van der Waals surface area contributed by atoms with Crippen LogP contribution in [0.15, 0.2) is 16.5 Å². The van der Waals surface area contributed by atoms with Crippen molar-refractivity contribution in [3.63, 3.8) is 0 Å². The van der Waals surface area contributed by atoms with Crippen molar-refractivity contribution in [1.82, 2.24) is 4.90 Å². The van der Waals surface area contributed by atoms with Crippen molar-refractivity contribution >= 4 is 29.6 Å². The normalized spacial score (nSPS) is 10.0. The standard InChI is InChI=1S/C13H17NO6S/c1-18-11(15)6-14(7-12(16)19-2)13(17)10-5-4-9(20-10)8-21-3/h4-5H,6-8H2,1-3H3. The van der Waals surface area contributed by atoms with Crippen LogP contribution in [0.1, 0.15) is 16.3 Å². The SMILES string of the molecule is COC(=O)CN(CC(=O)OC)C(=O)c1ccc(CSC)o1. The van der Waals surface area contributed by atoms with Crippen molar-refractivity contribution in [2.45, 2.75) is 5.75 Å². The number of carbonyl (C=O) groups excluding carboxylic acids is 3. The van der Waals surface area contributed by atoms with Gasteiger partial charge in [0, 0.05) is 0 Å². The molecule has 0 aliphatic carbocycles. The summed E-state index contributed by atoms with van der Waals surface area (Å²) in [6.45, 7) is -0.716. The number of hydrogen-bond acceptors (Lipinski definition) is 7. The van der Waals surface area contributed by atoms with Gasteiger partial charge in [-0.05, 0) is 18.4 Å². The highest BCUT2D eigenvalue weighted by atomic mass is 32.2. The largest absolute Gasteiger partial charge is 0.468 e. The van der Waals surface area contributed by atoms with E-state index >= 15 is 0 Å². The number of hydrogen-bond donors (Lipinski definition) is 0. The minimum atomic E-state index is -0.636. The van der Waals surface area contributed by atoms with Crippen LogP contribution in [0, 0.1) is 0 Å². The third-order valence-corrected chi connectivity index (χ3v) is 3.11. The second-order valence-electron chi connectivity index (χ2n) is 4.01. The van der Waals surface area contributed by atoms with E-state index < -0.39 is 17.8 Å². The Bertz CT molecular complexity index is 495. The fraction of sp³-hybridized carbons (Fsp3) is 0.462. The van der Waals surface area contributed by atoms with Gasteiger partial charge in [-0.25, -0.2) is 0 Å². The van der Waals surface area contributed by atoms with Crippen LogP contribution in [0.25, 0.3) is 0 Å². The van der Waals surface area contributed by atoms with E-state index in [2.05, 4.69) is 9.47 Å². The molecule has 21 heavy (non-hydrogen) atoms. The summed E-state index contributed by atoms with van der Waals surface area (Å²) >= 11 is 1.55. The predicted molar refractivity (Wildman–Crippen MR) is 75.9 cm³/mol. The van der Waals surface area contributed by atoms with Crippen LogP contribution < -0.4 is 0 Å². The zero-order valence-electron chi connectivity index (χ0n) is 12.1. The molecule has 1 heterocycles. The molecule has 1 amide bonds. The first kappa shape index (κ1) is 17.1. The number of furan rings is 1. The maximum atomic E-state index is 12.3. The van der Waals surface area contributed by atoms with Crippen molar-refractivity contribution < 1.29 is 28.3 Å². The number of thioether (sulfide) groups is 1. The minimum absolute atomic E-state index is 0.0619. The molecule has 116 valence electrons. The third kappa shape index (κ3) is 5.14. The maximum Gasteiger partial charge on any atom is 0.325 e. The Morgan fingerprint density at radius 3 is 2.19 bits per heavy atom. The lowest BCUT2D eigenvalue weighted by Gasteiger charge is -2.18. The van der Waals surface area contributed by atoms with Crippen LogP contribution in [0.5, 0.6) is 0 Å². The van der Waals surface area contributed by atoms with Crippen molar-refractivity contribution in [2.24, 2.45) is 0 Å². The molecule has 0 fully saturated rings. The van der Waals surface area contributed by atoms with E-state index in [-0.39, 0.29) is 18.8 Å². The number of ether oxygens (including phenoxy) is 2. The van der Waals surface area contributed by atoms with Crippen molar-refractivity contribution in [3.8, 4) is 0 Å².